The van der Waals surface area contributed by atoms with Crippen LogP contribution in [0.3, 0.4) is 0 Å². The predicted octanol–water partition coefficient (Wildman–Crippen LogP) is 6.09. The molecule has 1 heterocycles. The van der Waals surface area contributed by atoms with E-state index in [4.69, 9.17) is 0 Å². The van der Waals surface area contributed by atoms with E-state index in [1.807, 2.05) is 44.4 Å². The van der Waals surface area contributed by atoms with Gasteiger partial charge in [-0.25, -0.2) is 0 Å². The van der Waals surface area contributed by atoms with Crippen molar-refractivity contribution in [2.75, 3.05) is 19.0 Å². The molecule has 0 saturated carbocycles. The Balaban J connectivity index is 1.57. The highest BCUT2D eigenvalue weighted by Gasteiger charge is 2.35. The van der Waals surface area contributed by atoms with Gasteiger partial charge in [-0.3, -0.25) is 4.79 Å². The molecule has 0 bridgehead atoms. The van der Waals surface area contributed by atoms with Gasteiger partial charge in [-0.15, -0.1) is 0 Å². The van der Waals surface area contributed by atoms with Crippen molar-refractivity contribution in [2.45, 2.75) is 12.0 Å². The van der Waals surface area contributed by atoms with E-state index >= 15 is 0 Å². The molecule has 0 amide bonds. The van der Waals surface area contributed by atoms with Crippen LogP contribution in [0.2, 0.25) is 0 Å². The van der Waals surface area contributed by atoms with E-state index in [9.17, 15) is 9.90 Å². The second-order valence-electron chi connectivity index (χ2n) is 8.23. The zero-order valence-corrected chi connectivity index (χ0v) is 17.9. The summed E-state index contributed by atoms with van der Waals surface area (Å²) in [5.41, 5.74) is 4.90. The van der Waals surface area contributed by atoms with Crippen LogP contribution in [0.1, 0.15) is 39.0 Å². The summed E-state index contributed by atoms with van der Waals surface area (Å²) in [6, 6.07) is 25.2. The van der Waals surface area contributed by atoms with Gasteiger partial charge in [-0.1, -0.05) is 66.7 Å². The number of ketones is 1. The first-order valence-corrected chi connectivity index (χ1v) is 10.6. The first-order valence-electron chi connectivity index (χ1n) is 10.6. The van der Waals surface area contributed by atoms with Crippen molar-refractivity contribution >= 4 is 17.2 Å². The molecule has 0 spiro atoms. The molecule has 32 heavy (non-hydrogen) atoms. The number of fused-ring (bicyclic) bond motifs is 1. The van der Waals surface area contributed by atoms with Crippen LogP contribution in [-0.4, -0.2) is 25.0 Å². The van der Waals surface area contributed by atoms with Gasteiger partial charge in [0.05, 0.1) is 11.3 Å². The summed E-state index contributed by atoms with van der Waals surface area (Å²) in [6.45, 7) is 0. The van der Waals surface area contributed by atoms with Gasteiger partial charge < -0.3 is 10.0 Å². The number of rotatable bonds is 4. The van der Waals surface area contributed by atoms with Crippen molar-refractivity contribution in [2.24, 2.45) is 10.2 Å². The molecule has 3 aromatic carbocycles. The summed E-state index contributed by atoms with van der Waals surface area (Å²) in [6.07, 6.45) is 1.96. The smallest absolute Gasteiger partial charge is 0.199 e. The Kier molecular flexibility index (Phi) is 4.94. The number of nitrogens with zero attached hydrogens (tertiary/aromatic N) is 3. The average Bonchev–Trinajstić information content (AvgIpc) is 3.09. The Morgan fingerprint density at radius 3 is 2.12 bits per heavy atom. The van der Waals surface area contributed by atoms with Crippen molar-refractivity contribution in [3.8, 4) is 0 Å². The van der Waals surface area contributed by atoms with Crippen molar-refractivity contribution < 1.29 is 9.90 Å². The second-order valence-corrected chi connectivity index (χ2v) is 8.23. The lowest BCUT2D eigenvalue weighted by molar-refractivity contribution is 0.103. The summed E-state index contributed by atoms with van der Waals surface area (Å²) < 4.78 is 0. The molecule has 0 saturated heterocycles. The Hall–Kier alpha value is -3.99. The summed E-state index contributed by atoms with van der Waals surface area (Å²) >= 11 is 0. The first kappa shape index (κ1) is 19.9. The Labute approximate surface area is 187 Å². The second kappa shape index (κ2) is 7.93. The van der Waals surface area contributed by atoms with E-state index in [-0.39, 0.29) is 29.1 Å². The summed E-state index contributed by atoms with van der Waals surface area (Å²) in [5, 5.41) is 19.9. The number of benzene rings is 3. The normalized spacial score (nSPS) is 19.7. The van der Waals surface area contributed by atoms with Gasteiger partial charge in [-0.2, -0.15) is 10.2 Å². The Morgan fingerprint density at radius 2 is 1.47 bits per heavy atom. The predicted molar refractivity (Wildman–Crippen MR) is 126 cm³/mol. The maximum absolute atomic E-state index is 13.0. The molecule has 5 heteroatoms. The molecule has 158 valence electrons. The van der Waals surface area contributed by atoms with E-state index in [1.165, 1.54) is 0 Å². The summed E-state index contributed by atoms with van der Waals surface area (Å²) in [7, 11) is 4.02. The minimum Gasteiger partial charge on any atom is -0.506 e. The zero-order valence-electron chi connectivity index (χ0n) is 17.9. The molecule has 0 radical (unpaired) electrons. The van der Waals surface area contributed by atoms with Gasteiger partial charge in [0.2, 0.25) is 0 Å². The van der Waals surface area contributed by atoms with E-state index in [2.05, 4.69) is 51.5 Å². The van der Waals surface area contributed by atoms with Gasteiger partial charge in [0.1, 0.15) is 11.8 Å². The molecule has 1 aliphatic carbocycles. The van der Waals surface area contributed by atoms with Crippen molar-refractivity contribution in [1.29, 1.82) is 0 Å². The molecule has 2 aliphatic rings. The number of aliphatic hydroxyl groups is 1. The fraction of sp³-hybridized carbons (Fsp3) is 0.148. The lowest BCUT2D eigenvalue weighted by Crippen LogP contribution is -2.14. The van der Waals surface area contributed by atoms with Crippen LogP contribution in [0, 0.1) is 0 Å². The van der Waals surface area contributed by atoms with Crippen LogP contribution in [0.5, 0.6) is 0 Å². The van der Waals surface area contributed by atoms with Crippen LogP contribution in [0.15, 0.2) is 106 Å². The Morgan fingerprint density at radius 1 is 0.812 bits per heavy atom. The molecule has 0 fully saturated rings. The highest BCUT2D eigenvalue weighted by atomic mass is 16.3. The minimum absolute atomic E-state index is 0.0311. The van der Waals surface area contributed by atoms with Crippen LogP contribution in [-0.2, 0) is 0 Å². The molecule has 3 aromatic rings. The molecular formula is C27H23N3O2. The lowest BCUT2D eigenvalue weighted by atomic mass is 9.85. The van der Waals surface area contributed by atoms with Crippen molar-refractivity contribution in [1.82, 2.24) is 0 Å². The molecule has 5 nitrogen and oxygen atoms in total. The SMILES string of the molecule is CN(C)c1ccc(C2N=NC(C3=C(O)c4ccccc4C3=O)=CC2c2ccccc2)cc1. The minimum atomic E-state index is -0.223. The van der Waals surface area contributed by atoms with E-state index in [1.54, 1.807) is 18.2 Å². The summed E-state index contributed by atoms with van der Waals surface area (Å²) in [5.74, 6) is -0.369. The number of hydrogen-bond donors (Lipinski definition) is 1. The molecule has 1 aliphatic heterocycles. The molecule has 1 N–H and O–H groups in total. The fourth-order valence-corrected chi connectivity index (χ4v) is 4.32. The molecule has 0 aromatic heterocycles. The van der Waals surface area contributed by atoms with Crippen LogP contribution in [0.4, 0.5) is 5.69 Å². The quantitative estimate of drug-likeness (QED) is 0.554. The average molecular weight is 422 g/mol. The number of aliphatic hydroxyl groups excluding tert-OH is 1. The number of hydrogen-bond acceptors (Lipinski definition) is 5. The molecule has 2 atom stereocenters. The number of azo groups is 1. The van der Waals surface area contributed by atoms with Gasteiger partial charge in [-0.05, 0) is 29.3 Å². The zero-order chi connectivity index (χ0) is 22.2. The van der Waals surface area contributed by atoms with E-state index in [0.717, 1.165) is 16.8 Å². The molecular weight excluding hydrogens is 398 g/mol. The highest BCUT2D eigenvalue weighted by Crippen LogP contribution is 2.44. The third-order valence-corrected chi connectivity index (χ3v) is 6.05. The maximum Gasteiger partial charge on any atom is 0.199 e. The number of carbonyl (C=O) groups excluding carboxylic acids is 1. The number of allylic oxidation sites excluding steroid dienone is 1. The number of Topliss-reactive ketones (excluding diaryl/α,β-unsaturated/α-hetero) is 1. The largest absolute Gasteiger partial charge is 0.506 e. The van der Waals surface area contributed by atoms with Crippen molar-refractivity contribution in [3.63, 3.8) is 0 Å². The maximum atomic E-state index is 13.0. The van der Waals surface area contributed by atoms with Gasteiger partial charge >= 0.3 is 0 Å². The van der Waals surface area contributed by atoms with Gasteiger partial charge in [0.15, 0.2) is 5.78 Å². The van der Waals surface area contributed by atoms with Gasteiger partial charge in [0.25, 0.3) is 0 Å². The topological polar surface area (TPSA) is 65.3 Å². The Bertz CT molecular complexity index is 1270. The third-order valence-electron chi connectivity index (χ3n) is 6.05. The van der Waals surface area contributed by atoms with Crippen LogP contribution < -0.4 is 4.90 Å². The first-order chi connectivity index (χ1) is 15.5. The molecule has 5 rings (SSSR count). The van der Waals surface area contributed by atoms with Crippen LogP contribution in [0.25, 0.3) is 5.76 Å². The lowest BCUT2D eigenvalue weighted by Gasteiger charge is -2.26. The van der Waals surface area contributed by atoms with E-state index < -0.39 is 0 Å². The number of anilines is 1. The summed E-state index contributed by atoms with van der Waals surface area (Å²) in [4.78, 5) is 15.1. The van der Waals surface area contributed by atoms with E-state index in [0.29, 0.717) is 16.8 Å². The van der Waals surface area contributed by atoms with Crippen molar-refractivity contribution in [3.05, 3.63) is 118 Å². The fourth-order valence-electron chi connectivity index (χ4n) is 4.32. The third kappa shape index (κ3) is 3.32. The monoisotopic (exact) mass is 421 g/mol. The number of carbonyl (C=O) groups is 1. The molecule has 2 unspecified atom stereocenters. The van der Waals surface area contributed by atoms with Gasteiger partial charge in [0, 0.05) is 36.8 Å². The standard InChI is InChI=1S/C27H23N3O2/c1-30(2)19-14-12-18(13-15-19)25-22(17-8-4-3-5-9-17)16-23(28-29-25)24-26(31)20-10-6-7-11-21(20)27(24)32/h3-16,22,25,31H,1-2H3. The highest BCUT2D eigenvalue weighted by molar-refractivity contribution is 6.22. The van der Waals surface area contributed by atoms with Crippen LogP contribution >= 0.6 is 0 Å².